The molecular formula is C15H16N4O3. The molecule has 0 radical (unpaired) electrons. The molecule has 0 aliphatic heterocycles. The van der Waals surface area contributed by atoms with E-state index in [-0.39, 0.29) is 12.6 Å². The zero-order valence-corrected chi connectivity index (χ0v) is 12.0. The van der Waals surface area contributed by atoms with Crippen molar-refractivity contribution in [2.45, 2.75) is 6.92 Å². The molecule has 22 heavy (non-hydrogen) atoms. The number of benzene rings is 1. The van der Waals surface area contributed by atoms with E-state index < -0.39 is 5.97 Å². The maximum absolute atomic E-state index is 11.9. The third-order valence-electron chi connectivity index (χ3n) is 2.72. The van der Waals surface area contributed by atoms with E-state index in [0.717, 1.165) is 0 Å². The van der Waals surface area contributed by atoms with Crippen LogP contribution in [-0.2, 0) is 9.53 Å². The van der Waals surface area contributed by atoms with E-state index in [1.807, 2.05) is 0 Å². The highest BCUT2D eigenvalue weighted by molar-refractivity contribution is 5.91. The number of aromatic nitrogens is 1. The van der Waals surface area contributed by atoms with E-state index >= 15 is 0 Å². The third kappa shape index (κ3) is 4.20. The Morgan fingerprint density at radius 1 is 1.27 bits per heavy atom. The van der Waals surface area contributed by atoms with Crippen LogP contribution in [0.25, 0.3) is 0 Å². The monoisotopic (exact) mass is 300 g/mol. The summed E-state index contributed by atoms with van der Waals surface area (Å²) in [5, 5.41) is 5.41. The predicted molar refractivity (Wildman–Crippen MR) is 82.5 cm³/mol. The van der Waals surface area contributed by atoms with Crippen molar-refractivity contribution < 1.29 is 14.3 Å². The van der Waals surface area contributed by atoms with Crippen molar-refractivity contribution in [1.82, 2.24) is 10.3 Å². The Hall–Kier alpha value is -3.09. The van der Waals surface area contributed by atoms with Gasteiger partial charge in [0.15, 0.2) is 12.5 Å². The molecule has 0 bridgehead atoms. The molecule has 1 aromatic heterocycles. The Bertz CT molecular complexity index is 688. The van der Waals surface area contributed by atoms with Gasteiger partial charge in [0.25, 0.3) is 0 Å². The van der Waals surface area contributed by atoms with E-state index in [9.17, 15) is 9.59 Å². The molecule has 1 heterocycles. The molecule has 0 saturated carbocycles. The molecule has 7 nitrogen and oxygen atoms in total. The summed E-state index contributed by atoms with van der Waals surface area (Å²) in [4.78, 5) is 26.7. The SMILES string of the molecule is CC(=O)NCOC(=O)c1cccc(Nc2ncccc2N)c1. The number of nitrogens with one attached hydrogen (secondary N) is 2. The van der Waals surface area contributed by atoms with Crippen LogP contribution in [0.15, 0.2) is 42.6 Å². The smallest absolute Gasteiger partial charge is 0.339 e. The Morgan fingerprint density at radius 2 is 2.09 bits per heavy atom. The molecule has 1 amide bonds. The van der Waals surface area contributed by atoms with Crippen molar-refractivity contribution in [3.8, 4) is 0 Å². The molecule has 2 rings (SSSR count). The van der Waals surface area contributed by atoms with E-state index in [1.165, 1.54) is 6.92 Å². The van der Waals surface area contributed by atoms with Gasteiger partial charge in [-0.25, -0.2) is 9.78 Å². The molecule has 114 valence electrons. The highest BCUT2D eigenvalue weighted by Crippen LogP contribution is 2.20. The maximum Gasteiger partial charge on any atom is 0.339 e. The lowest BCUT2D eigenvalue weighted by atomic mass is 10.2. The minimum atomic E-state index is -0.536. The molecule has 0 spiro atoms. The number of pyridine rings is 1. The number of anilines is 3. The van der Waals surface area contributed by atoms with Crippen molar-refractivity contribution in [3.63, 3.8) is 0 Å². The highest BCUT2D eigenvalue weighted by Gasteiger charge is 2.08. The van der Waals surface area contributed by atoms with Gasteiger partial charge in [-0.15, -0.1) is 0 Å². The lowest BCUT2D eigenvalue weighted by molar-refractivity contribution is -0.120. The van der Waals surface area contributed by atoms with E-state index in [2.05, 4.69) is 15.6 Å². The molecule has 1 aromatic carbocycles. The van der Waals surface area contributed by atoms with Gasteiger partial charge in [0, 0.05) is 18.8 Å². The largest absolute Gasteiger partial charge is 0.441 e. The second-order valence-electron chi connectivity index (χ2n) is 4.46. The van der Waals surface area contributed by atoms with Gasteiger partial charge in [0.1, 0.15) is 0 Å². The average Bonchev–Trinajstić information content (AvgIpc) is 2.49. The predicted octanol–water partition coefficient (Wildman–Crippen LogP) is 1.66. The number of carbonyl (C=O) groups is 2. The van der Waals surface area contributed by atoms with Gasteiger partial charge in [-0.3, -0.25) is 4.79 Å². The number of hydrogen-bond acceptors (Lipinski definition) is 6. The second kappa shape index (κ2) is 7.07. The summed E-state index contributed by atoms with van der Waals surface area (Å²) in [6.07, 6.45) is 1.62. The van der Waals surface area contributed by atoms with Crippen molar-refractivity contribution in [2.75, 3.05) is 17.8 Å². The standard InChI is InChI=1S/C15H16N4O3/c1-10(20)18-9-22-15(21)11-4-2-5-12(8-11)19-14-13(16)6-3-7-17-14/h2-8H,9,16H2,1H3,(H,17,19)(H,18,20). The van der Waals surface area contributed by atoms with Gasteiger partial charge in [-0.2, -0.15) is 0 Å². The van der Waals surface area contributed by atoms with Crippen molar-refractivity contribution >= 4 is 29.1 Å². The normalized spacial score (nSPS) is 9.86. The van der Waals surface area contributed by atoms with Gasteiger partial charge >= 0.3 is 5.97 Å². The average molecular weight is 300 g/mol. The Labute approximate surface area is 127 Å². The summed E-state index contributed by atoms with van der Waals surface area (Å²) in [6, 6.07) is 10.2. The Kier molecular flexibility index (Phi) is 4.92. The molecule has 0 fully saturated rings. The van der Waals surface area contributed by atoms with Crippen LogP contribution in [0.3, 0.4) is 0 Å². The topological polar surface area (TPSA) is 106 Å². The fourth-order valence-electron chi connectivity index (χ4n) is 1.67. The summed E-state index contributed by atoms with van der Waals surface area (Å²) in [5.74, 6) is -0.300. The molecule has 0 aliphatic rings. The first kappa shape index (κ1) is 15.3. The summed E-state index contributed by atoms with van der Waals surface area (Å²) in [6.45, 7) is 1.18. The fourth-order valence-corrected chi connectivity index (χ4v) is 1.67. The van der Waals surface area contributed by atoms with Crippen LogP contribution in [0.4, 0.5) is 17.2 Å². The first-order valence-corrected chi connectivity index (χ1v) is 6.55. The zero-order valence-electron chi connectivity index (χ0n) is 12.0. The van der Waals surface area contributed by atoms with Crippen LogP contribution in [0, 0.1) is 0 Å². The number of nitrogen functional groups attached to an aromatic ring is 1. The minimum Gasteiger partial charge on any atom is -0.441 e. The first-order chi connectivity index (χ1) is 10.6. The first-order valence-electron chi connectivity index (χ1n) is 6.55. The van der Waals surface area contributed by atoms with Gasteiger partial charge in [-0.1, -0.05) is 6.07 Å². The lowest BCUT2D eigenvalue weighted by Crippen LogP contribution is -2.25. The van der Waals surface area contributed by atoms with Crippen LogP contribution in [0.5, 0.6) is 0 Å². The number of amides is 1. The molecule has 4 N–H and O–H groups in total. The molecular weight excluding hydrogens is 284 g/mol. The molecule has 7 heteroatoms. The number of nitrogens with zero attached hydrogens (tertiary/aromatic N) is 1. The van der Waals surface area contributed by atoms with Crippen molar-refractivity contribution in [1.29, 1.82) is 0 Å². The molecule has 0 aliphatic carbocycles. The van der Waals surface area contributed by atoms with Crippen LogP contribution in [0.1, 0.15) is 17.3 Å². The van der Waals surface area contributed by atoms with Crippen molar-refractivity contribution in [3.05, 3.63) is 48.2 Å². The third-order valence-corrected chi connectivity index (χ3v) is 2.72. The number of nitrogens with two attached hydrogens (primary N) is 1. The van der Waals surface area contributed by atoms with E-state index in [4.69, 9.17) is 10.5 Å². The number of hydrogen-bond donors (Lipinski definition) is 3. The van der Waals surface area contributed by atoms with Crippen LogP contribution in [0.2, 0.25) is 0 Å². The van der Waals surface area contributed by atoms with E-state index in [1.54, 1.807) is 42.6 Å². The molecule has 2 aromatic rings. The highest BCUT2D eigenvalue weighted by atomic mass is 16.5. The number of ether oxygens (including phenoxy) is 1. The summed E-state index contributed by atoms with van der Waals surface area (Å²) < 4.78 is 4.93. The number of esters is 1. The molecule has 0 unspecified atom stereocenters. The number of carbonyl (C=O) groups excluding carboxylic acids is 2. The Balaban J connectivity index is 2.05. The maximum atomic E-state index is 11.9. The molecule has 0 saturated heterocycles. The van der Waals surface area contributed by atoms with Crippen LogP contribution >= 0.6 is 0 Å². The molecule has 0 atom stereocenters. The number of rotatable bonds is 5. The van der Waals surface area contributed by atoms with Crippen molar-refractivity contribution in [2.24, 2.45) is 0 Å². The zero-order chi connectivity index (χ0) is 15.9. The summed E-state index contributed by atoms with van der Waals surface area (Å²) >= 11 is 0. The summed E-state index contributed by atoms with van der Waals surface area (Å²) in [5.41, 5.74) is 7.31. The summed E-state index contributed by atoms with van der Waals surface area (Å²) in [7, 11) is 0. The van der Waals surface area contributed by atoms with Gasteiger partial charge in [-0.05, 0) is 30.3 Å². The van der Waals surface area contributed by atoms with Gasteiger partial charge < -0.3 is 21.1 Å². The van der Waals surface area contributed by atoms with Gasteiger partial charge in [0.2, 0.25) is 5.91 Å². The second-order valence-corrected chi connectivity index (χ2v) is 4.46. The quantitative estimate of drug-likeness (QED) is 0.572. The fraction of sp³-hybridized carbons (Fsp3) is 0.133. The minimum absolute atomic E-state index is 0.168. The van der Waals surface area contributed by atoms with Crippen LogP contribution in [-0.4, -0.2) is 23.6 Å². The van der Waals surface area contributed by atoms with Gasteiger partial charge in [0.05, 0.1) is 11.3 Å². The Morgan fingerprint density at radius 3 is 2.82 bits per heavy atom. The van der Waals surface area contributed by atoms with Crippen LogP contribution < -0.4 is 16.4 Å². The lowest BCUT2D eigenvalue weighted by Gasteiger charge is -2.09. The van der Waals surface area contributed by atoms with E-state index in [0.29, 0.717) is 22.8 Å².